The molecule has 1 N–H and O–H groups in total. The van der Waals surface area contributed by atoms with Crippen LogP contribution in [0.25, 0.3) is 5.69 Å². The molecule has 5 nitrogen and oxygen atoms in total. The molecule has 3 rings (SSSR count). The van der Waals surface area contributed by atoms with E-state index in [-0.39, 0.29) is 5.91 Å². The largest absolute Gasteiger partial charge is 0.352 e. The molecule has 1 saturated carbocycles. The summed E-state index contributed by atoms with van der Waals surface area (Å²) in [6, 6.07) is 8.47. The molecule has 0 unspecified atom stereocenters. The standard InChI is InChI=1S/C19H26N4OS/c1-13-8-4-6-10-16(13)20-18(24)12-25-19-22-21-15(3)23(19)17-11-7-5-9-14(17)2/h5,7,9,11,13,16H,4,6,8,10,12H2,1-3H3,(H,20,24)/t13-,16+/m0/s1. The highest BCUT2D eigenvalue weighted by atomic mass is 32.2. The van der Waals surface area contributed by atoms with Crippen LogP contribution in [0.1, 0.15) is 44.0 Å². The highest BCUT2D eigenvalue weighted by Crippen LogP contribution is 2.25. The highest BCUT2D eigenvalue weighted by Gasteiger charge is 2.23. The van der Waals surface area contributed by atoms with Crippen molar-refractivity contribution in [3.05, 3.63) is 35.7 Å². The quantitative estimate of drug-likeness (QED) is 0.829. The smallest absolute Gasteiger partial charge is 0.230 e. The molecule has 0 saturated heterocycles. The summed E-state index contributed by atoms with van der Waals surface area (Å²) in [5.41, 5.74) is 2.22. The van der Waals surface area contributed by atoms with Gasteiger partial charge in [-0.1, -0.05) is 49.7 Å². The minimum absolute atomic E-state index is 0.0840. The van der Waals surface area contributed by atoms with E-state index in [0.717, 1.165) is 28.7 Å². The molecule has 134 valence electrons. The van der Waals surface area contributed by atoms with Gasteiger partial charge in [0, 0.05) is 6.04 Å². The summed E-state index contributed by atoms with van der Waals surface area (Å²) in [6.07, 6.45) is 4.79. The van der Waals surface area contributed by atoms with Crippen LogP contribution in [0.15, 0.2) is 29.4 Å². The summed E-state index contributed by atoms with van der Waals surface area (Å²) in [5.74, 6) is 1.85. The second-order valence-electron chi connectivity index (χ2n) is 6.88. The van der Waals surface area contributed by atoms with Crippen LogP contribution in [0.2, 0.25) is 0 Å². The zero-order valence-corrected chi connectivity index (χ0v) is 16.0. The third-order valence-corrected chi connectivity index (χ3v) is 5.87. The van der Waals surface area contributed by atoms with Crippen LogP contribution in [-0.2, 0) is 4.79 Å². The Morgan fingerprint density at radius 3 is 2.76 bits per heavy atom. The second-order valence-corrected chi connectivity index (χ2v) is 7.82. The van der Waals surface area contributed by atoms with Crippen LogP contribution in [0, 0.1) is 19.8 Å². The van der Waals surface area contributed by atoms with E-state index in [4.69, 9.17) is 0 Å². The van der Waals surface area contributed by atoms with E-state index >= 15 is 0 Å². The van der Waals surface area contributed by atoms with Crippen LogP contribution in [0.5, 0.6) is 0 Å². The van der Waals surface area contributed by atoms with Crippen molar-refractivity contribution in [3.63, 3.8) is 0 Å². The van der Waals surface area contributed by atoms with Crippen LogP contribution in [0.3, 0.4) is 0 Å². The lowest BCUT2D eigenvalue weighted by atomic mass is 9.86. The molecule has 1 aliphatic rings. The Bertz CT molecular complexity index is 743. The predicted octanol–water partition coefficient (Wildman–Crippen LogP) is 3.67. The van der Waals surface area contributed by atoms with Crippen molar-refractivity contribution >= 4 is 17.7 Å². The number of benzene rings is 1. The van der Waals surface area contributed by atoms with Crippen molar-refractivity contribution in [2.24, 2.45) is 5.92 Å². The summed E-state index contributed by atoms with van der Waals surface area (Å²) in [4.78, 5) is 12.4. The number of nitrogens with zero attached hydrogens (tertiary/aromatic N) is 3. The molecule has 1 amide bonds. The molecule has 1 aromatic carbocycles. The number of amides is 1. The average Bonchev–Trinajstić information content (AvgIpc) is 2.96. The van der Waals surface area contributed by atoms with E-state index in [0.29, 0.717) is 17.7 Å². The number of carbonyl (C=O) groups excluding carboxylic acids is 1. The van der Waals surface area contributed by atoms with Gasteiger partial charge in [-0.15, -0.1) is 10.2 Å². The number of thioether (sulfide) groups is 1. The summed E-state index contributed by atoms with van der Waals surface area (Å²) in [7, 11) is 0. The molecule has 1 heterocycles. The third kappa shape index (κ3) is 4.24. The SMILES string of the molecule is Cc1ccccc1-n1c(C)nnc1SCC(=O)N[C@@H]1CCCC[C@@H]1C. The molecule has 1 aliphatic carbocycles. The first kappa shape index (κ1) is 18.0. The van der Waals surface area contributed by atoms with E-state index < -0.39 is 0 Å². The summed E-state index contributed by atoms with van der Waals surface area (Å²) >= 11 is 1.45. The Balaban J connectivity index is 1.66. The lowest BCUT2D eigenvalue weighted by Gasteiger charge is -2.29. The topological polar surface area (TPSA) is 59.8 Å². The fourth-order valence-corrected chi connectivity index (χ4v) is 4.24. The first-order valence-corrected chi connectivity index (χ1v) is 9.95. The fourth-order valence-electron chi connectivity index (χ4n) is 3.44. The van der Waals surface area contributed by atoms with Crippen molar-refractivity contribution < 1.29 is 4.79 Å². The molecule has 6 heteroatoms. The first-order valence-electron chi connectivity index (χ1n) is 8.96. The van der Waals surface area contributed by atoms with E-state index in [1.54, 1.807) is 0 Å². The molecule has 2 atom stereocenters. The molecular formula is C19H26N4OS. The van der Waals surface area contributed by atoms with Gasteiger partial charge >= 0.3 is 0 Å². The monoisotopic (exact) mass is 358 g/mol. The third-order valence-electron chi connectivity index (χ3n) is 4.94. The number of para-hydroxylation sites is 1. The number of rotatable bonds is 5. The van der Waals surface area contributed by atoms with Crippen molar-refractivity contribution in [2.75, 3.05) is 5.75 Å². The van der Waals surface area contributed by atoms with Crippen LogP contribution in [-0.4, -0.2) is 32.5 Å². The van der Waals surface area contributed by atoms with Crippen molar-refractivity contribution in [3.8, 4) is 5.69 Å². The van der Waals surface area contributed by atoms with Gasteiger partial charge in [0.2, 0.25) is 5.91 Å². The number of hydrogen-bond acceptors (Lipinski definition) is 4. The lowest BCUT2D eigenvalue weighted by molar-refractivity contribution is -0.119. The van der Waals surface area contributed by atoms with Crippen LogP contribution >= 0.6 is 11.8 Å². The molecule has 0 aliphatic heterocycles. The zero-order valence-electron chi connectivity index (χ0n) is 15.2. The number of carbonyl (C=O) groups is 1. The Kier molecular flexibility index (Phi) is 5.78. The summed E-state index contributed by atoms with van der Waals surface area (Å²) < 4.78 is 2.02. The Hall–Kier alpha value is -1.82. The van der Waals surface area contributed by atoms with Crippen molar-refractivity contribution in [2.45, 2.75) is 57.7 Å². The van der Waals surface area contributed by atoms with Gasteiger partial charge in [0.15, 0.2) is 5.16 Å². The van der Waals surface area contributed by atoms with Gasteiger partial charge in [-0.25, -0.2) is 0 Å². The maximum atomic E-state index is 12.4. The molecule has 1 fully saturated rings. The Morgan fingerprint density at radius 1 is 1.24 bits per heavy atom. The van der Waals surface area contributed by atoms with E-state index in [2.05, 4.69) is 41.5 Å². The first-order chi connectivity index (χ1) is 12.1. The molecule has 0 radical (unpaired) electrons. The highest BCUT2D eigenvalue weighted by molar-refractivity contribution is 7.99. The minimum Gasteiger partial charge on any atom is -0.352 e. The predicted molar refractivity (Wildman–Crippen MR) is 101 cm³/mol. The number of aryl methyl sites for hydroxylation is 2. The summed E-state index contributed by atoms with van der Waals surface area (Å²) in [6.45, 7) is 6.24. The average molecular weight is 359 g/mol. The maximum absolute atomic E-state index is 12.4. The van der Waals surface area contributed by atoms with Gasteiger partial charge in [-0.3, -0.25) is 9.36 Å². The normalized spacial score (nSPS) is 20.4. The zero-order chi connectivity index (χ0) is 17.8. The van der Waals surface area contributed by atoms with E-state index in [1.165, 1.54) is 31.0 Å². The molecule has 0 bridgehead atoms. The van der Waals surface area contributed by atoms with E-state index in [9.17, 15) is 4.79 Å². The van der Waals surface area contributed by atoms with Crippen molar-refractivity contribution in [1.29, 1.82) is 0 Å². The maximum Gasteiger partial charge on any atom is 0.230 e. The number of nitrogens with one attached hydrogen (secondary N) is 1. The van der Waals surface area contributed by atoms with Gasteiger partial charge < -0.3 is 5.32 Å². The number of hydrogen-bond donors (Lipinski definition) is 1. The molecule has 0 spiro atoms. The minimum atomic E-state index is 0.0840. The van der Waals surface area contributed by atoms with Gasteiger partial charge in [0.1, 0.15) is 5.82 Å². The molecule has 1 aromatic heterocycles. The van der Waals surface area contributed by atoms with Gasteiger partial charge in [-0.05, 0) is 44.2 Å². The van der Waals surface area contributed by atoms with Gasteiger partial charge in [0.25, 0.3) is 0 Å². The Morgan fingerprint density at radius 2 is 2.00 bits per heavy atom. The lowest BCUT2D eigenvalue weighted by Crippen LogP contribution is -2.41. The van der Waals surface area contributed by atoms with Crippen LogP contribution < -0.4 is 5.32 Å². The van der Waals surface area contributed by atoms with E-state index in [1.807, 2.05) is 23.6 Å². The van der Waals surface area contributed by atoms with Gasteiger partial charge in [-0.2, -0.15) is 0 Å². The fraction of sp³-hybridized carbons (Fsp3) is 0.526. The second kappa shape index (κ2) is 8.04. The molecule has 25 heavy (non-hydrogen) atoms. The van der Waals surface area contributed by atoms with Crippen LogP contribution in [0.4, 0.5) is 0 Å². The van der Waals surface area contributed by atoms with Gasteiger partial charge in [0.05, 0.1) is 11.4 Å². The van der Waals surface area contributed by atoms with Crippen molar-refractivity contribution in [1.82, 2.24) is 20.1 Å². The summed E-state index contributed by atoms with van der Waals surface area (Å²) in [5, 5.41) is 12.4. The Labute approximate surface area is 153 Å². The molecular weight excluding hydrogens is 332 g/mol. The molecule has 2 aromatic rings. The number of aromatic nitrogens is 3.